The molecule has 2 aromatic rings. The fourth-order valence-corrected chi connectivity index (χ4v) is 2.03. The lowest BCUT2D eigenvalue weighted by Crippen LogP contribution is -2.07. The number of amides is 1. The summed E-state index contributed by atoms with van der Waals surface area (Å²) in [7, 11) is 0. The van der Waals surface area contributed by atoms with Crippen LogP contribution in [0.3, 0.4) is 0 Å². The minimum absolute atomic E-state index is 0. The van der Waals surface area contributed by atoms with E-state index in [1.165, 1.54) is 18.2 Å². The highest BCUT2D eigenvalue weighted by Crippen LogP contribution is 2.32. The standard InChI is InChI=1S/C18H18FNO2.H2/c1-4-18(21)20-14-6-5-7-15(11-14)22-17-10-13(19)8-9-16(17)12(2)3;/h4-12H,1H2,2-3H3,(H,20,21);1H. The molecule has 3 nitrogen and oxygen atoms in total. The molecule has 0 aliphatic rings. The summed E-state index contributed by atoms with van der Waals surface area (Å²) in [6.45, 7) is 7.43. The Balaban J connectivity index is 0.00000264. The molecule has 0 fully saturated rings. The second-order valence-corrected chi connectivity index (χ2v) is 5.16. The van der Waals surface area contributed by atoms with Crippen molar-refractivity contribution < 1.29 is 15.3 Å². The van der Waals surface area contributed by atoms with Crippen LogP contribution in [0.5, 0.6) is 11.5 Å². The van der Waals surface area contributed by atoms with Crippen molar-refractivity contribution in [2.24, 2.45) is 0 Å². The average molecular weight is 301 g/mol. The molecule has 0 aromatic heterocycles. The molecule has 1 N–H and O–H groups in total. The SMILES string of the molecule is C=CC(=O)Nc1cccc(Oc2cc(F)ccc2C(C)C)c1.[HH]. The van der Waals surface area contributed by atoms with Crippen molar-refractivity contribution in [2.75, 3.05) is 5.32 Å². The molecule has 0 heterocycles. The number of halogens is 1. The summed E-state index contributed by atoms with van der Waals surface area (Å²) in [4.78, 5) is 11.3. The number of hydrogen-bond acceptors (Lipinski definition) is 2. The van der Waals surface area contributed by atoms with Crippen LogP contribution in [0.25, 0.3) is 0 Å². The van der Waals surface area contributed by atoms with Gasteiger partial charge in [-0.2, -0.15) is 0 Å². The first-order valence-electron chi connectivity index (χ1n) is 7.00. The van der Waals surface area contributed by atoms with Crippen LogP contribution in [-0.2, 0) is 4.79 Å². The predicted molar refractivity (Wildman–Crippen MR) is 87.9 cm³/mol. The van der Waals surface area contributed by atoms with E-state index in [0.29, 0.717) is 17.2 Å². The Labute approximate surface area is 130 Å². The second kappa shape index (κ2) is 6.89. The Bertz CT molecular complexity index is 701. The molecule has 0 radical (unpaired) electrons. The Kier molecular flexibility index (Phi) is 4.94. The van der Waals surface area contributed by atoms with Crippen LogP contribution >= 0.6 is 0 Å². The van der Waals surface area contributed by atoms with Gasteiger partial charge in [-0.25, -0.2) is 4.39 Å². The molecule has 22 heavy (non-hydrogen) atoms. The fraction of sp³-hybridized carbons (Fsp3) is 0.167. The number of carbonyl (C=O) groups excluding carboxylic acids is 1. The fourth-order valence-electron chi connectivity index (χ4n) is 2.03. The summed E-state index contributed by atoms with van der Waals surface area (Å²) in [5, 5.41) is 2.66. The number of anilines is 1. The summed E-state index contributed by atoms with van der Waals surface area (Å²) < 4.78 is 19.3. The van der Waals surface area contributed by atoms with Gasteiger partial charge in [0.1, 0.15) is 17.3 Å². The van der Waals surface area contributed by atoms with Gasteiger partial charge in [-0.3, -0.25) is 4.79 Å². The number of benzene rings is 2. The van der Waals surface area contributed by atoms with Crippen LogP contribution in [0.1, 0.15) is 26.8 Å². The van der Waals surface area contributed by atoms with Crippen LogP contribution in [0.15, 0.2) is 55.1 Å². The van der Waals surface area contributed by atoms with Crippen molar-refractivity contribution in [1.82, 2.24) is 0 Å². The summed E-state index contributed by atoms with van der Waals surface area (Å²) >= 11 is 0. The van der Waals surface area contributed by atoms with Gasteiger partial charge in [0.2, 0.25) is 5.91 Å². The zero-order valence-electron chi connectivity index (χ0n) is 12.6. The van der Waals surface area contributed by atoms with Crippen molar-refractivity contribution in [2.45, 2.75) is 19.8 Å². The molecule has 1 amide bonds. The van der Waals surface area contributed by atoms with E-state index in [2.05, 4.69) is 11.9 Å². The zero-order chi connectivity index (χ0) is 16.1. The van der Waals surface area contributed by atoms with Crippen LogP contribution in [0.2, 0.25) is 0 Å². The highest BCUT2D eigenvalue weighted by atomic mass is 19.1. The van der Waals surface area contributed by atoms with Crippen LogP contribution in [0, 0.1) is 5.82 Å². The minimum Gasteiger partial charge on any atom is -0.457 e. The quantitative estimate of drug-likeness (QED) is 0.779. The number of carbonyl (C=O) groups is 1. The lowest BCUT2D eigenvalue weighted by Gasteiger charge is -2.14. The molecular weight excluding hydrogens is 281 g/mol. The summed E-state index contributed by atoms with van der Waals surface area (Å²) in [6, 6.07) is 11.4. The Morgan fingerprint density at radius 2 is 2.09 bits per heavy atom. The van der Waals surface area contributed by atoms with Gasteiger partial charge in [0.15, 0.2) is 0 Å². The van der Waals surface area contributed by atoms with Crippen molar-refractivity contribution >= 4 is 11.6 Å². The largest absolute Gasteiger partial charge is 0.457 e. The normalized spacial score (nSPS) is 10.4. The van der Waals surface area contributed by atoms with E-state index < -0.39 is 0 Å². The molecule has 2 aromatic carbocycles. The Morgan fingerprint density at radius 1 is 1.32 bits per heavy atom. The van der Waals surface area contributed by atoms with Gasteiger partial charge in [-0.1, -0.05) is 32.6 Å². The number of ether oxygens (including phenoxy) is 1. The summed E-state index contributed by atoms with van der Waals surface area (Å²) in [5.74, 6) is 0.553. The third-order valence-electron chi connectivity index (χ3n) is 3.11. The molecule has 0 atom stereocenters. The van der Waals surface area contributed by atoms with Gasteiger partial charge in [0.05, 0.1) is 0 Å². The van der Waals surface area contributed by atoms with E-state index >= 15 is 0 Å². The molecule has 0 unspecified atom stereocenters. The molecule has 0 saturated carbocycles. The van der Waals surface area contributed by atoms with E-state index in [4.69, 9.17) is 4.74 Å². The highest BCUT2D eigenvalue weighted by molar-refractivity contribution is 5.98. The first-order valence-corrected chi connectivity index (χ1v) is 7.00. The summed E-state index contributed by atoms with van der Waals surface area (Å²) in [6.07, 6.45) is 1.19. The van der Waals surface area contributed by atoms with Crippen molar-refractivity contribution in [3.8, 4) is 11.5 Å². The Morgan fingerprint density at radius 3 is 2.77 bits per heavy atom. The molecule has 0 bridgehead atoms. The maximum atomic E-state index is 13.5. The van der Waals surface area contributed by atoms with E-state index in [1.807, 2.05) is 13.8 Å². The van der Waals surface area contributed by atoms with Gasteiger partial charge < -0.3 is 10.1 Å². The molecule has 0 aliphatic carbocycles. The minimum atomic E-state index is -0.351. The smallest absolute Gasteiger partial charge is 0.247 e. The van der Waals surface area contributed by atoms with Crippen molar-refractivity contribution in [3.63, 3.8) is 0 Å². The van der Waals surface area contributed by atoms with Gasteiger partial charge in [-0.05, 0) is 35.8 Å². The van der Waals surface area contributed by atoms with Crippen molar-refractivity contribution in [1.29, 1.82) is 0 Å². The van der Waals surface area contributed by atoms with E-state index in [-0.39, 0.29) is 19.1 Å². The number of rotatable bonds is 5. The number of nitrogens with one attached hydrogen (secondary N) is 1. The Hall–Kier alpha value is -2.62. The molecule has 116 valence electrons. The van der Waals surface area contributed by atoms with E-state index in [0.717, 1.165) is 5.56 Å². The lowest BCUT2D eigenvalue weighted by atomic mass is 10.0. The average Bonchev–Trinajstić information content (AvgIpc) is 2.47. The molecule has 2 rings (SSSR count). The van der Waals surface area contributed by atoms with E-state index in [1.54, 1.807) is 30.3 Å². The lowest BCUT2D eigenvalue weighted by molar-refractivity contribution is -0.111. The van der Waals surface area contributed by atoms with Crippen LogP contribution < -0.4 is 10.1 Å². The molecular formula is C18H20FNO2. The third-order valence-corrected chi connectivity index (χ3v) is 3.11. The first-order chi connectivity index (χ1) is 10.5. The molecule has 0 spiro atoms. The summed E-state index contributed by atoms with van der Waals surface area (Å²) in [5.41, 5.74) is 1.51. The molecule has 4 heteroatoms. The van der Waals surface area contributed by atoms with Crippen molar-refractivity contribution in [3.05, 3.63) is 66.5 Å². The monoisotopic (exact) mass is 301 g/mol. The van der Waals surface area contributed by atoms with Crippen LogP contribution in [0.4, 0.5) is 10.1 Å². The topological polar surface area (TPSA) is 38.3 Å². The van der Waals surface area contributed by atoms with Gasteiger partial charge in [0.25, 0.3) is 0 Å². The number of hydrogen-bond donors (Lipinski definition) is 1. The maximum Gasteiger partial charge on any atom is 0.247 e. The molecule has 0 saturated heterocycles. The highest BCUT2D eigenvalue weighted by Gasteiger charge is 2.10. The predicted octanol–water partition coefficient (Wildman–Crippen LogP) is 5.11. The maximum absolute atomic E-state index is 13.5. The molecule has 0 aliphatic heterocycles. The first kappa shape index (κ1) is 15.8. The van der Waals surface area contributed by atoms with Gasteiger partial charge in [-0.15, -0.1) is 0 Å². The van der Waals surface area contributed by atoms with Gasteiger partial charge in [0, 0.05) is 19.2 Å². The second-order valence-electron chi connectivity index (χ2n) is 5.16. The third kappa shape index (κ3) is 3.95. The van der Waals surface area contributed by atoms with E-state index in [9.17, 15) is 9.18 Å². The van der Waals surface area contributed by atoms with Gasteiger partial charge >= 0.3 is 0 Å². The zero-order valence-corrected chi connectivity index (χ0v) is 12.6. The van der Waals surface area contributed by atoms with Crippen LogP contribution in [-0.4, -0.2) is 5.91 Å².